The number of nitrogens with one attached hydrogen (secondary N) is 1. The molecule has 94 valence electrons. The quantitative estimate of drug-likeness (QED) is 0.640. The number of pyridine rings is 1. The minimum absolute atomic E-state index is 1.01. The van der Waals surface area contributed by atoms with Crippen LogP contribution >= 0.6 is 0 Å². The molecular weight excluding hydrogens is 220 g/mol. The molecule has 0 unspecified atom stereocenters. The summed E-state index contributed by atoms with van der Waals surface area (Å²) in [6, 6.07) is 10.5. The van der Waals surface area contributed by atoms with Gasteiger partial charge >= 0.3 is 0 Å². The summed E-state index contributed by atoms with van der Waals surface area (Å²) in [5, 5.41) is 4.43. The maximum atomic E-state index is 4.40. The fourth-order valence-corrected chi connectivity index (χ4v) is 2.14. The third kappa shape index (κ3) is 3.17. The van der Waals surface area contributed by atoms with Gasteiger partial charge in [-0.3, -0.25) is 4.98 Å². The molecule has 0 saturated carbocycles. The fraction of sp³-hybridized carbons (Fsp3) is 0.312. The third-order valence-corrected chi connectivity index (χ3v) is 3.10. The topological polar surface area (TPSA) is 24.9 Å². The number of hydrogen-bond acceptors (Lipinski definition) is 2. The van der Waals surface area contributed by atoms with Gasteiger partial charge in [0, 0.05) is 11.6 Å². The zero-order chi connectivity index (χ0) is 12.8. The number of benzene rings is 1. The van der Waals surface area contributed by atoms with Crippen molar-refractivity contribution in [2.75, 3.05) is 13.6 Å². The van der Waals surface area contributed by atoms with E-state index in [2.05, 4.69) is 47.6 Å². The van der Waals surface area contributed by atoms with Gasteiger partial charge in [-0.1, -0.05) is 29.8 Å². The third-order valence-electron chi connectivity index (χ3n) is 3.10. The molecule has 0 aliphatic heterocycles. The lowest BCUT2D eigenvalue weighted by Crippen LogP contribution is -2.06. The zero-order valence-corrected chi connectivity index (χ0v) is 11.1. The number of fused-ring (bicyclic) bond motifs is 1. The molecule has 1 heterocycles. The highest BCUT2D eigenvalue weighted by atomic mass is 14.8. The lowest BCUT2D eigenvalue weighted by molar-refractivity contribution is 0.803. The van der Waals surface area contributed by atoms with E-state index in [1.54, 1.807) is 0 Å². The minimum Gasteiger partial charge on any atom is -0.319 e. The Bertz CT molecular complexity index is 538. The Balaban J connectivity index is 2.19. The Hall–Kier alpha value is -1.67. The van der Waals surface area contributed by atoms with Gasteiger partial charge in [-0.2, -0.15) is 0 Å². The molecule has 0 amide bonds. The van der Waals surface area contributed by atoms with Crippen LogP contribution in [0, 0.1) is 0 Å². The molecule has 18 heavy (non-hydrogen) atoms. The van der Waals surface area contributed by atoms with Crippen LogP contribution < -0.4 is 5.32 Å². The molecule has 2 heteroatoms. The van der Waals surface area contributed by atoms with Crippen LogP contribution in [0.25, 0.3) is 10.9 Å². The van der Waals surface area contributed by atoms with E-state index in [4.69, 9.17) is 0 Å². The predicted molar refractivity (Wildman–Crippen MR) is 77.7 cm³/mol. The molecule has 0 aliphatic rings. The summed E-state index contributed by atoms with van der Waals surface area (Å²) in [7, 11) is 1.99. The van der Waals surface area contributed by atoms with Crippen LogP contribution in [0.2, 0.25) is 0 Å². The second kappa shape index (κ2) is 6.31. The molecule has 0 radical (unpaired) electrons. The predicted octanol–water partition coefficient (Wildman–Crippen LogP) is 3.33. The first-order chi connectivity index (χ1) is 8.81. The Morgan fingerprint density at radius 2 is 2.11 bits per heavy atom. The summed E-state index contributed by atoms with van der Waals surface area (Å²) in [6.45, 7) is 3.24. The molecule has 2 aromatic rings. The first kappa shape index (κ1) is 12.8. The van der Waals surface area contributed by atoms with Gasteiger partial charge in [0.15, 0.2) is 0 Å². The SMILES string of the molecule is CNCCC=C(C)Cc1ccnc2ccccc12. The lowest BCUT2D eigenvalue weighted by Gasteiger charge is -2.06. The second-order valence-electron chi connectivity index (χ2n) is 4.61. The number of para-hydroxylation sites is 1. The molecule has 0 bridgehead atoms. The van der Waals surface area contributed by atoms with Gasteiger partial charge in [-0.15, -0.1) is 0 Å². The monoisotopic (exact) mass is 240 g/mol. The van der Waals surface area contributed by atoms with E-state index in [-0.39, 0.29) is 0 Å². The molecule has 0 spiro atoms. The summed E-state index contributed by atoms with van der Waals surface area (Å²) < 4.78 is 0. The van der Waals surface area contributed by atoms with Crippen molar-refractivity contribution in [3.05, 3.63) is 53.7 Å². The van der Waals surface area contributed by atoms with E-state index in [9.17, 15) is 0 Å². The van der Waals surface area contributed by atoms with Crippen molar-refractivity contribution >= 4 is 10.9 Å². The normalized spacial score (nSPS) is 12.0. The van der Waals surface area contributed by atoms with Crippen molar-refractivity contribution in [1.82, 2.24) is 10.3 Å². The Morgan fingerprint density at radius 1 is 1.28 bits per heavy atom. The largest absolute Gasteiger partial charge is 0.319 e. The number of aromatic nitrogens is 1. The summed E-state index contributed by atoms with van der Waals surface area (Å²) in [4.78, 5) is 4.40. The van der Waals surface area contributed by atoms with E-state index < -0.39 is 0 Å². The van der Waals surface area contributed by atoms with Crippen LogP contribution in [-0.2, 0) is 6.42 Å². The molecule has 1 N–H and O–H groups in total. The Labute approximate surface area is 109 Å². The highest BCUT2D eigenvalue weighted by molar-refractivity contribution is 5.82. The molecule has 0 atom stereocenters. The van der Waals surface area contributed by atoms with E-state index in [1.165, 1.54) is 16.5 Å². The number of hydrogen-bond donors (Lipinski definition) is 1. The molecule has 2 nitrogen and oxygen atoms in total. The molecule has 0 aliphatic carbocycles. The standard InChI is InChI=1S/C16H20N2/c1-13(6-5-10-17-2)12-14-9-11-18-16-8-4-3-7-15(14)16/h3-4,6-9,11,17H,5,10,12H2,1-2H3. The van der Waals surface area contributed by atoms with E-state index in [0.29, 0.717) is 0 Å². The van der Waals surface area contributed by atoms with Crippen molar-refractivity contribution in [3.63, 3.8) is 0 Å². The first-order valence-electron chi connectivity index (χ1n) is 6.44. The number of rotatable bonds is 5. The van der Waals surface area contributed by atoms with Gasteiger partial charge < -0.3 is 5.32 Å². The Kier molecular flexibility index (Phi) is 4.48. The van der Waals surface area contributed by atoms with Crippen LogP contribution in [-0.4, -0.2) is 18.6 Å². The molecule has 0 fully saturated rings. The van der Waals surface area contributed by atoms with E-state index >= 15 is 0 Å². The maximum Gasteiger partial charge on any atom is 0.0704 e. The lowest BCUT2D eigenvalue weighted by atomic mass is 10.0. The van der Waals surface area contributed by atoms with Crippen LogP contribution in [0.1, 0.15) is 18.9 Å². The maximum absolute atomic E-state index is 4.40. The fourth-order valence-electron chi connectivity index (χ4n) is 2.14. The summed E-state index contributed by atoms with van der Waals surface area (Å²) >= 11 is 0. The molecule has 1 aromatic heterocycles. The van der Waals surface area contributed by atoms with Gasteiger partial charge in [0.2, 0.25) is 0 Å². The molecule has 2 rings (SSSR count). The van der Waals surface area contributed by atoms with Gasteiger partial charge in [0.1, 0.15) is 0 Å². The summed E-state index contributed by atoms with van der Waals surface area (Å²) in [5.41, 5.74) is 3.86. The van der Waals surface area contributed by atoms with E-state index in [1.807, 2.05) is 19.3 Å². The van der Waals surface area contributed by atoms with Crippen LogP contribution in [0.15, 0.2) is 48.2 Å². The van der Waals surface area contributed by atoms with Crippen molar-refractivity contribution in [3.8, 4) is 0 Å². The van der Waals surface area contributed by atoms with E-state index in [0.717, 1.165) is 24.9 Å². The van der Waals surface area contributed by atoms with Gasteiger partial charge in [0.25, 0.3) is 0 Å². The van der Waals surface area contributed by atoms with Crippen LogP contribution in [0.3, 0.4) is 0 Å². The summed E-state index contributed by atoms with van der Waals surface area (Å²) in [6.07, 6.45) is 6.31. The molecule has 1 aromatic carbocycles. The van der Waals surface area contributed by atoms with Crippen LogP contribution in [0.5, 0.6) is 0 Å². The van der Waals surface area contributed by atoms with Gasteiger partial charge in [-0.05, 0) is 51.1 Å². The summed E-state index contributed by atoms with van der Waals surface area (Å²) in [5.74, 6) is 0. The Morgan fingerprint density at radius 3 is 2.94 bits per heavy atom. The zero-order valence-electron chi connectivity index (χ0n) is 11.1. The van der Waals surface area contributed by atoms with Crippen molar-refractivity contribution in [2.45, 2.75) is 19.8 Å². The average molecular weight is 240 g/mol. The smallest absolute Gasteiger partial charge is 0.0704 e. The number of allylic oxidation sites excluding steroid dienone is 1. The average Bonchev–Trinajstić information content (AvgIpc) is 2.39. The first-order valence-corrected chi connectivity index (χ1v) is 6.44. The van der Waals surface area contributed by atoms with Gasteiger partial charge in [0.05, 0.1) is 5.52 Å². The van der Waals surface area contributed by atoms with Crippen LogP contribution in [0.4, 0.5) is 0 Å². The van der Waals surface area contributed by atoms with Crippen molar-refractivity contribution in [2.24, 2.45) is 0 Å². The van der Waals surface area contributed by atoms with Crippen molar-refractivity contribution in [1.29, 1.82) is 0 Å². The highest BCUT2D eigenvalue weighted by Crippen LogP contribution is 2.19. The van der Waals surface area contributed by atoms with Crippen molar-refractivity contribution < 1.29 is 0 Å². The number of nitrogens with zero attached hydrogens (tertiary/aromatic N) is 1. The van der Waals surface area contributed by atoms with Gasteiger partial charge in [-0.25, -0.2) is 0 Å². The molecule has 0 saturated heterocycles. The highest BCUT2D eigenvalue weighted by Gasteiger charge is 2.01. The molecular formula is C16H20N2. The second-order valence-corrected chi connectivity index (χ2v) is 4.61. The minimum atomic E-state index is 1.01.